The number of hydrogen-bond acceptors (Lipinski definition) is 1. The van der Waals surface area contributed by atoms with Gasteiger partial charge in [-0.3, -0.25) is 0 Å². The predicted octanol–water partition coefficient (Wildman–Crippen LogP) is 3.86. The molecule has 21 heavy (non-hydrogen) atoms. The van der Waals surface area contributed by atoms with E-state index < -0.39 is 8.32 Å². The lowest BCUT2D eigenvalue weighted by Crippen LogP contribution is -2.65. The summed E-state index contributed by atoms with van der Waals surface area (Å²) in [6, 6.07) is 21.1. The molecule has 2 heteroatoms. The van der Waals surface area contributed by atoms with E-state index in [2.05, 4.69) is 81.6 Å². The van der Waals surface area contributed by atoms with Crippen LogP contribution in [0.1, 0.15) is 20.8 Å². The van der Waals surface area contributed by atoms with Crippen LogP contribution in [0.5, 0.6) is 0 Å². The number of rotatable bonds is 4. The molecule has 0 unspecified atom stereocenters. The Hall–Kier alpha value is -2.02. The molecule has 0 aliphatic carbocycles. The Morgan fingerprint density at radius 2 is 1.33 bits per heavy atom. The first kappa shape index (κ1) is 15.4. The molecule has 2 aromatic carbocycles. The minimum absolute atomic E-state index is 0.0109. The predicted molar refractivity (Wildman–Crippen MR) is 92.4 cm³/mol. The summed E-state index contributed by atoms with van der Waals surface area (Å²) in [5.74, 6) is 0. The molecule has 0 fully saturated rings. The zero-order valence-corrected chi connectivity index (χ0v) is 14.0. The molecule has 108 valence electrons. The summed E-state index contributed by atoms with van der Waals surface area (Å²) in [6.45, 7) is 10.4. The average molecular weight is 294 g/mol. The molecule has 0 saturated carbocycles. The second kappa shape index (κ2) is 6.17. The first-order valence-corrected chi connectivity index (χ1v) is 9.06. The lowest BCUT2D eigenvalue weighted by atomic mass is 10.2. The highest BCUT2D eigenvalue weighted by atomic mass is 28.4. The fraction of sp³-hybridized carbons (Fsp3) is 0.211. The molecule has 0 atom stereocenters. The highest BCUT2D eigenvalue weighted by Crippen LogP contribution is 2.36. The van der Waals surface area contributed by atoms with E-state index in [1.54, 1.807) is 6.26 Å². The molecule has 0 amide bonds. The van der Waals surface area contributed by atoms with Crippen molar-refractivity contribution in [1.29, 1.82) is 0 Å². The van der Waals surface area contributed by atoms with Gasteiger partial charge in [0.05, 0.1) is 0 Å². The second-order valence-corrected chi connectivity index (χ2v) is 10.4. The Labute approximate surface area is 128 Å². The molecule has 1 nitrogen and oxygen atoms in total. The van der Waals surface area contributed by atoms with Crippen LogP contribution in [0.3, 0.4) is 0 Å². The average Bonchev–Trinajstić information content (AvgIpc) is 2.49. The van der Waals surface area contributed by atoms with Crippen molar-refractivity contribution in [2.75, 3.05) is 0 Å². The topological polar surface area (TPSA) is 9.23 Å². The van der Waals surface area contributed by atoms with Gasteiger partial charge in [0.1, 0.15) is 6.26 Å². The van der Waals surface area contributed by atoms with Gasteiger partial charge in [-0.05, 0) is 15.4 Å². The normalized spacial score (nSPS) is 11.6. The Balaban J connectivity index is 2.75. The van der Waals surface area contributed by atoms with Gasteiger partial charge < -0.3 is 4.43 Å². The zero-order chi connectivity index (χ0) is 15.3. The van der Waals surface area contributed by atoms with Crippen molar-refractivity contribution in [3.8, 4) is 0 Å². The standard InChI is InChI=1S/C19H22OSi/c1-5-16-20-21(19(2,3)4,17-12-8-6-9-13-17)18-14-10-7-11-15-18/h6-16H,1H2,2-4H3. The molecule has 0 aromatic heterocycles. The van der Waals surface area contributed by atoms with Gasteiger partial charge >= 0.3 is 8.32 Å². The summed E-state index contributed by atoms with van der Waals surface area (Å²) >= 11 is 0. The fourth-order valence-electron chi connectivity index (χ4n) is 2.82. The van der Waals surface area contributed by atoms with Crippen LogP contribution in [0.15, 0.2) is 79.2 Å². The van der Waals surface area contributed by atoms with Gasteiger partial charge in [0.2, 0.25) is 0 Å². The first-order chi connectivity index (χ1) is 10.0. The van der Waals surface area contributed by atoms with Crippen LogP contribution >= 0.6 is 0 Å². The summed E-state index contributed by atoms with van der Waals surface area (Å²) < 4.78 is 6.36. The van der Waals surface area contributed by atoms with E-state index in [4.69, 9.17) is 4.43 Å². The van der Waals surface area contributed by atoms with E-state index in [-0.39, 0.29) is 5.04 Å². The van der Waals surface area contributed by atoms with Crippen molar-refractivity contribution < 1.29 is 4.43 Å². The SMILES string of the molecule is C=C=CO[Si](c1ccccc1)(c1ccccc1)C(C)(C)C. The summed E-state index contributed by atoms with van der Waals surface area (Å²) in [4.78, 5) is 0. The van der Waals surface area contributed by atoms with Gasteiger partial charge in [-0.15, -0.1) is 0 Å². The van der Waals surface area contributed by atoms with Crippen molar-refractivity contribution in [3.05, 3.63) is 79.2 Å². The summed E-state index contributed by atoms with van der Waals surface area (Å²) in [6.07, 6.45) is 1.62. The number of benzene rings is 2. The fourth-order valence-corrected chi connectivity index (χ4v) is 7.10. The molecule has 0 spiro atoms. The van der Waals surface area contributed by atoms with Gasteiger partial charge in [-0.1, -0.05) is 93.7 Å². The van der Waals surface area contributed by atoms with Crippen LogP contribution in [-0.4, -0.2) is 8.32 Å². The molecule has 2 aromatic rings. The van der Waals surface area contributed by atoms with Gasteiger partial charge in [0, 0.05) is 0 Å². The molecular formula is C19H22OSi. The van der Waals surface area contributed by atoms with Crippen molar-refractivity contribution in [2.45, 2.75) is 25.8 Å². The maximum Gasteiger partial charge on any atom is 0.319 e. The highest BCUT2D eigenvalue weighted by Gasteiger charge is 2.51. The van der Waals surface area contributed by atoms with Gasteiger partial charge in [0.25, 0.3) is 0 Å². The van der Waals surface area contributed by atoms with Gasteiger partial charge in [-0.25, -0.2) is 0 Å². The van der Waals surface area contributed by atoms with Crippen molar-refractivity contribution >= 4 is 18.7 Å². The first-order valence-electron chi connectivity index (χ1n) is 7.15. The maximum absolute atomic E-state index is 6.36. The van der Waals surface area contributed by atoms with Crippen LogP contribution in [0.25, 0.3) is 0 Å². The van der Waals surface area contributed by atoms with E-state index in [1.165, 1.54) is 10.4 Å². The van der Waals surface area contributed by atoms with Gasteiger partial charge in [0.15, 0.2) is 0 Å². The lowest BCUT2D eigenvalue weighted by molar-refractivity contribution is 0.446. The Morgan fingerprint density at radius 1 is 0.905 bits per heavy atom. The van der Waals surface area contributed by atoms with Crippen molar-refractivity contribution in [1.82, 2.24) is 0 Å². The van der Waals surface area contributed by atoms with Crippen LogP contribution < -0.4 is 10.4 Å². The highest BCUT2D eigenvalue weighted by molar-refractivity contribution is 6.99. The molecule has 0 aliphatic heterocycles. The number of hydrogen-bond donors (Lipinski definition) is 0. The second-order valence-electron chi connectivity index (χ2n) is 6.10. The zero-order valence-electron chi connectivity index (χ0n) is 13.0. The quantitative estimate of drug-likeness (QED) is 0.473. The van der Waals surface area contributed by atoms with Crippen LogP contribution in [-0.2, 0) is 4.43 Å². The third-order valence-electron chi connectivity index (χ3n) is 3.74. The largest absolute Gasteiger partial charge is 0.534 e. The van der Waals surface area contributed by atoms with E-state index in [0.29, 0.717) is 0 Å². The van der Waals surface area contributed by atoms with E-state index in [0.717, 1.165) is 0 Å². The monoisotopic (exact) mass is 294 g/mol. The molecule has 2 rings (SSSR count). The van der Waals surface area contributed by atoms with Crippen molar-refractivity contribution in [3.63, 3.8) is 0 Å². The Morgan fingerprint density at radius 3 is 1.67 bits per heavy atom. The lowest BCUT2D eigenvalue weighted by Gasteiger charge is -2.41. The summed E-state index contributed by atoms with van der Waals surface area (Å²) in [5, 5.41) is 2.51. The molecule has 0 radical (unpaired) electrons. The third kappa shape index (κ3) is 2.87. The third-order valence-corrected chi connectivity index (χ3v) is 8.61. The van der Waals surface area contributed by atoms with Crippen LogP contribution in [0.2, 0.25) is 5.04 Å². The Bertz CT molecular complexity index is 580. The molecular weight excluding hydrogens is 272 g/mol. The minimum atomic E-state index is -2.43. The molecule has 0 saturated heterocycles. The molecule has 0 heterocycles. The smallest absolute Gasteiger partial charge is 0.319 e. The molecule has 0 bridgehead atoms. The minimum Gasteiger partial charge on any atom is -0.534 e. The Kier molecular flexibility index (Phi) is 4.52. The maximum atomic E-state index is 6.36. The molecule has 0 aliphatic rings. The molecule has 0 N–H and O–H groups in total. The van der Waals surface area contributed by atoms with E-state index in [1.807, 2.05) is 12.1 Å². The van der Waals surface area contributed by atoms with Crippen LogP contribution in [0, 0.1) is 0 Å². The van der Waals surface area contributed by atoms with Gasteiger partial charge in [-0.2, -0.15) is 0 Å². The summed E-state index contributed by atoms with van der Waals surface area (Å²) in [5.41, 5.74) is 2.77. The summed E-state index contributed by atoms with van der Waals surface area (Å²) in [7, 11) is -2.43. The van der Waals surface area contributed by atoms with Crippen LogP contribution in [0.4, 0.5) is 0 Å². The van der Waals surface area contributed by atoms with E-state index >= 15 is 0 Å². The van der Waals surface area contributed by atoms with E-state index in [9.17, 15) is 0 Å². The van der Waals surface area contributed by atoms with Crippen molar-refractivity contribution in [2.24, 2.45) is 0 Å².